The van der Waals surface area contributed by atoms with E-state index >= 15 is 0 Å². The van der Waals surface area contributed by atoms with Gasteiger partial charge in [0.05, 0.1) is 0 Å². The second-order valence-corrected chi connectivity index (χ2v) is 2.41. The molecule has 4 heteroatoms. The van der Waals surface area contributed by atoms with Crippen molar-refractivity contribution in [2.45, 2.75) is 26.6 Å². The monoisotopic (exact) mass is 176 g/mol. The molecular weight excluding hydrogens is 160 g/mol. The maximum absolute atomic E-state index is 10.6. The highest BCUT2D eigenvalue weighted by Gasteiger charge is 2.26. The molecule has 0 rings (SSSR count). The highest BCUT2D eigenvalue weighted by Crippen LogP contribution is 2.13. The van der Waals surface area contributed by atoms with Gasteiger partial charge in [0, 0.05) is 13.7 Å². The van der Waals surface area contributed by atoms with Crippen molar-refractivity contribution in [2.24, 2.45) is 5.92 Å². The molecule has 0 amide bonds. The van der Waals surface area contributed by atoms with Gasteiger partial charge in [-0.15, -0.1) is 0 Å². The molecule has 2 unspecified atom stereocenters. The number of aliphatic carboxylic acids is 1. The summed E-state index contributed by atoms with van der Waals surface area (Å²) < 4.78 is 10.0. The third-order valence-corrected chi connectivity index (χ3v) is 1.65. The molecule has 0 aliphatic rings. The Morgan fingerprint density at radius 3 is 2.33 bits per heavy atom. The molecule has 0 aliphatic carbocycles. The molecule has 0 heterocycles. The molecule has 0 saturated heterocycles. The normalized spacial score (nSPS) is 15.6. The number of carbonyl (C=O) groups is 1. The molecule has 0 aromatic carbocycles. The molecule has 0 aliphatic heterocycles. The van der Waals surface area contributed by atoms with E-state index in [-0.39, 0.29) is 0 Å². The zero-order chi connectivity index (χ0) is 9.56. The van der Waals surface area contributed by atoms with E-state index in [2.05, 4.69) is 0 Å². The SMILES string of the molecule is CCOC(OC)C(CC)C(=O)O. The number of rotatable bonds is 6. The zero-order valence-electron chi connectivity index (χ0n) is 7.74. The van der Waals surface area contributed by atoms with Crippen molar-refractivity contribution in [3.8, 4) is 0 Å². The van der Waals surface area contributed by atoms with Crippen LogP contribution in [0.25, 0.3) is 0 Å². The third kappa shape index (κ3) is 3.19. The van der Waals surface area contributed by atoms with Crippen molar-refractivity contribution in [2.75, 3.05) is 13.7 Å². The van der Waals surface area contributed by atoms with Gasteiger partial charge in [-0.2, -0.15) is 0 Å². The van der Waals surface area contributed by atoms with E-state index in [9.17, 15) is 4.79 Å². The Bertz CT molecular complexity index is 135. The van der Waals surface area contributed by atoms with E-state index in [4.69, 9.17) is 14.6 Å². The van der Waals surface area contributed by atoms with Crippen LogP contribution in [0.3, 0.4) is 0 Å². The van der Waals surface area contributed by atoms with Crippen molar-refractivity contribution >= 4 is 5.97 Å². The second kappa shape index (κ2) is 5.97. The summed E-state index contributed by atoms with van der Waals surface area (Å²) >= 11 is 0. The maximum atomic E-state index is 10.6. The van der Waals surface area contributed by atoms with Gasteiger partial charge in [0.2, 0.25) is 0 Å². The number of hydrogen-bond acceptors (Lipinski definition) is 3. The largest absolute Gasteiger partial charge is 0.481 e. The predicted octanol–water partition coefficient (Wildman–Crippen LogP) is 1.11. The smallest absolute Gasteiger partial charge is 0.311 e. The van der Waals surface area contributed by atoms with Crippen LogP contribution in [0.1, 0.15) is 20.3 Å². The first kappa shape index (κ1) is 11.4. The molecule has 4 nitrogen and oxygen atoms in total. The van der Waals surface area contributed by atoms with Gasteiger partial charge < -0.3 is 14.6 Å². The Morgan fingerprint density at radius 1 is 1.50 bits per heavy atom. The molecule has 0 bridgehead atoms. The van der Waals surface area contributed by atoms with Gasteiger partial charge in [0.1, 0.15) is 5.92 Å². The van der Waals surface area contributed by atoms with Crippen LogP contribution in [-0.4, -0.2) is 31.1 Å². The lowest BCUT2D eigenvalue weighted by atomic mass is 10.1. The fourth-order valence-corrected chi connectivity index (χ4v) is 0.996. The summed E-state index contributed by atoms with van der Waals surface area (Å²) in [6, 6.07) is 0. The van der Waals surface area contributed by atoms with Crippen molar-refractivity contribution in [1.29, 1.82) is 0 Å². The summed E-state index contributed by atoms with van der Waals surface area (Å²) in [7, 11) is 1.45. The van der Waals surface area contributed by atoms with Gasteiger partial charge in [-0.25, -0.2) is 0 Å². The van der Waals surface area contributed by atoms with E-state index in [1.807, 2.05) is 0 Å². The molecule has 0 spiro atoms. The van der Waals surface area contributed by atoms with Crippen molar-refractivity contribution in [1.82, 2.24) is 0 Å². The van der Waals surface area contributed by atoms with Crippen LogP contribution in [0.2, 0.25) is 0 Å². The quantitative estimate of drug-likeness (QED) is 0.616. The highest BCUT2D eigenvalue weighted by atomic mass is 16.7. The van der Waals surface area contributed by atoms with E-state index in [1.54, 1.807) is 13.8 Å². The summed E-state index contributed by atoms with van der Waals surface area (Å²) in [6.07, 6.45) is -0.120. The van der Waals surface area contributed by atoms with Crippen LogP contribution in [0.5, 0.6) is 0 Å². The molecule has 72 valence electrons. The molecule has 2 atom stereocenters. The second-order valence-electron chi connectivity index (χ2n) is 2.41. The Morgan fingerprint density at radius 2 is 2.08 bits per heavy atom. The van der Waals surface area contributed by atoms with E-state index in [1.165, 1.54) is 7.11 Å². The number of carboxylic acid groups (broad SMARTS) is 1. The van der Waals surface area contributed by atoms with Crippen LogP contribution in [0, 0.1) is 5.92 Å². The van der Waals surface area contributed by atoms with Crippen molar-refractivity contribution in [3.63, 3.8) is 0 Å². The van der Waals surface area contributed by atoms with Gasteiger partial charge in [-0.1, -0.05) is 6.92 Å². The summed E-state index contributed by atoms with van der Waals surface area (Å²) in [4.78, 5) is 10.6. The van der Waals surface area contributed by atoms with Gasteiger partial charge in [0.25, 0.3) is 0 Å². The van der Waals surface area contributed by atoms with Crippen LogP contribution >= 0.6 is 0 Å². The Kier molecular flexibility index (Phi) is 5.66. The van der Waals surface area contributed by atoms with Crippen LogP contribution in [0.15, 0.2) is 0 Å². The first-order valence-electron chi connectivity index (χ1n) is 4.04. The average Bonchev–Trinajstić information content (AvgIpc) is 2.03. The minimum Gasteiger partial charge on any atom is -0.481 e. The number of methoxy groups -OCH3 is 1. The fraction of sp³-hybridized carbons (Fsp3) is 0.875. The predicted molar refractivity (Wildman–Crippen MR) is 43.8 cm³/mol. The van der Waals surface area contributed by atoms with E-state index in [0.29, 0.717) is 13.0 Å². The first-order chi connectivity index (χ1) is 5.67. The maximum Gasteiger partial charge on any atom is 0.311 e. The molecule has 0 aromatic heterocycles. The van der Waals surface area contributed by atoms with Crippen LogP contribution in [-0.2, 0) is 14.3 Å². The Hall–Kier alpha value is -0.610. The van der Waals surface area contributed by atoms with Gasteiger partial charge in [-0.05, 0) is 13.3 Å². The number of hydrogen-bond donors (Lipinski definition) is 1. The molecule has 0 aromatic rings. The van der Waals surface area contributed by atoms with Crippen molar-refractivity contribution in [3.05, 3.63) is 0 Å². The summed E-state index contributed by atoms with van der Waals surface area (Å²) in [6.45, 7) is 4.06. The third-order valence-electron chi connectivity index (χ3n) is 1.65. The van der Waals surface area contributed by atoms with E-state index in [0.717, 1.165) is 0 Å². The van der Waals surface area contributed by atoms with Crippen LogP contribution in [0.4, 0.5) is 0 Å². The van der Waals surface area contributed by atoms with Gasteiger partial charge in [-0.3, -0.25) is 4.79 Å². The summed E-state index contributed by atoms with van der Waals surface area (Å²) in [5.41, 5.74) is 0. The topological polar surface area (TPSA) is 55.8 Å². The average molecular weight is 176 g/mol. The standard InChI is InChI=1S/C8H16O4/c1-4-6(7(9)10)8(11-3)12-5-2/h6,8H,4-5H2,1-3H3,(H,9,10). The molecule has 0 radical (unpaired) electrons. The molecule has 0 saturated carbocycles. The molecule has 12 heavy (non-hydrogen) atoms. The minimum absolute atomic E-state index is 0.461. The number of ether oxygens (including phenoxy) is 2. The van der Waals surface area contributed by atoms with Crippen molar-refractivity contribution < 1.29 is 19.4 Å². The van der Waals surface area contributed by atoms with Gasteiger partial charge >= 0.3 is 5.97 Å². The lowest BCUT2D eigenvalue weighted by molar-refractivity contribution is -0.178. The lowest BCUT2D eigenvalue weighted by Crippen LogP contribution is -2.31. The molecule has 0 fully saturated rings. The number of carboxylic acids is 1. The lowest BCUT2D eigenvalue weighted by Gasteiger charge is -2.20. The Labute approximate surface area is 72.5 Å². The minimum atomic E-state index is -0.877. The first-order valence-corrected chi connectivity index (χ1v) is 4.04. The zero-order valence-corrected chi connectivity index (χ0v) is 7.74. The molecule has 1 N–H and O–H groups in total. The van der Waals surface area contributed by atoms with E-state index < -0.39 is 18.2 Å². The molecular formula is C8H16O4. The van der Waals surface area contributed by atoms with Gasteiger partial charge in [0.15, 0.2) is 6.29 Å². The summed E-state index contributed by atoms with van der Waals surface area (Å²) in [5, 5.41) is 8.74. The summed E-state index contributed by atoms with van der Waals surface area (Å²) in [5.74, 6) is -1.45. The highest BCUT2D eigenvalue weighted by molar-refractivity contribution is 5.70. The fourth-order valence-electron chi connectivity index (χ4n) is 0.996. The Balaban J connectivity index is 4.12. The van der Waals surface area contributed by atoms with Crippen LogP contribution < -0.4 is 0 Å².